The summed E-state index contributed by atoms with van der Waals surface area (Å²) in [5.41, 5.74) is 0.0597. The van der Waals surface area contributed by atoms with Gasteiger partial charge in [0.15, 0.2) is 16.7 Å². The van der Waals surface area contributed by atoms with Gasteiger partial charge in [-0.15, -0.1) is 0 Å². The molecule has 0 unspecified atom stereocenters. The maximum atomic E-state index is 11.8. The summed E-state index contributed by atoms with van der Waals surface area (Å²) in [6.07, 6.45) is 2.42. The van der Waals surface area contributed by atoms with E-state index in [2.05, 4.69) is 20.3 Å². The van der Waals surface area contributed by atoms with Crippen LogP contribution in [0.3, 0.4) is 0 Å². The third kappa shape index (κ3) is 4.79. The monoisotopic (exact) mass is 336 g/mol. The highest BCUT2D eigenvalue weighted by Crippen LogP contribution is 2.25. The Morgan fingerprint density at radius 3 is 2.65 bits per heavy atom. The molecule has 2 aromatic rings. The van der Waals surface area contributed by atoms with E-state index in [4.69, 9.17) is 21.1 Å². The van der Waals surface area contributed by atoms with Crippen molar-refractivity contribution in [2.75, 3.05) is 12.4 Å². The Bertz CT molecular complexity index is 716. The van der Waals surface area contributed by atoms with Gasteiger partial charge in [0.25, 0.3) is 0 Å². The van der Waals surface area contributed by atoms with Gasteiger partial charge < -0.3 is 9.47 Å². The number of carbonyl (C=O) groups excluding carboxylic acids is 1. The summed E-state index contributed by atoms with van der Waals surface area (Å²) in [5.74, 6) is 1.11. The summed E-state index contributed by atoms with van der Waals surface area (Å²) in [6, 6.07) is 3.33. The van der Waals surface area contributed by atoms with Gasteiger partial charge in [-0.1, -0.05) is 11.6 Å². The second-order valence-corrected chi connectivity index (χ2v) is 5.97. The first-order valence-corrected chi connectivity index (χ1v) is 7.19. The fourth-order valence-electron chi connectivity index (χ4n) is 1.67. The van der Waals surface area contributed by atoms with Crippen LogP contribution >= 0.6 is 11.6 Å². The molecule has 0 aliphatic heterocycles. The number of ether oxygens (including phenoxy) is 2. The molecule has 0 aliphatic carbocycles. The average molecular weight is 337 g/mol. The van der Waals surface area contributed by atoms with E-state index >= 15 is 0 Å². The number of aromatic nitrogens is 3. The molecular formula is C15H17ClN4O3. The van der Waals surface area contributed by atoms with Crippen LogP contribution < -0.4 is 10.1 Å². The molecule has 1 N–H and O–H groups in total. The standard InChI is InChI=1S/C15H17ClN4O3/c1-15(2,3)23-14(21)19-11-7-9(5-6-17-11)13-18-8-10(22-4)12(16)20-13/h5-8H,1-4H3,(H,17,19,21). The van der Waals surface area contributed by atoms with Crippen LogP contribution in [0.25, 0.3) is 11.4 Å². The Morgan fingerprint density at radius 1 is 1.30 bits per heavy atom. The number of rotatable bonds is 3. The lowest BCUT2D eigenvalue weighted by Crippen LogP contribution is -2.27. The number of hydrogen-bond acceptors (Lipinski definition) is 6. The molecule has 2 aromatic heterocycles. The number of anilines is 1. The minimum absolute atomic E-state index is 0.205. The van der Waals surface area contributed by atoms with Crippen LogP contribution in [0.2, 0.25) is 5.15 Å². The predicted molar refractivity (Wildman–Crippen MR) is 86.7 cm³/mol. The second kappa shape index (κ2) is 6.78. The lowest BCUT2D eigenvalue weighted by atomic mass is 10.2. The number of methoxy groups -OCH3 is 1. The summed E-state index contributed by atoms with van der Waals surface area (Å²) in [7, 11) is 1.49. The minimum atomic E-state index is -0.589. The Balaban J connectivity index is 2.20. The zero-order valence-corrected chi connectivity index (χ0v) is 14.0. The minimum Gasteiger partial charge on any atom is -0.492 e. The molecule has 7 nitrogen and oxygen atoms in total. The largest absolute Gasteiger partial charge is 0.492 e. The highest BCUT2D eigenvalue weighted by Gasteiger charge is 2.17. The van der Waals surface area contributed by atoms with Crippen molar-refractivity contribution in [3.8, 4) is 17.1 Å². The Kier molecular flexibility index (Phi) is 5.00. The highest BCUT2D eigenvalue weighted by atomic mass is 35.5. The molecule has 0 aliphatic rings. The number of pyridine rings is 1. The molecule has 1 amide bonds. The molecule has 0 saturated heterocycles. The van der Waals surface area contributed by atoms with Crippen LogP contribution in [0, 0.1) is 0 Å². The maximum absolute atomic E-state index is 11.8. The molecule has 122 valence electrons. The van der Waals surface area contributed by atoms with Gasteiger partial charge in [0, 0.05) is 11.8 Å². The fraction of sp³-hybridized carbons (Fsp3) is 0.333. The van der Waals surface area contributed by atoms with E-state index in [9.17, 15) is 4.79 Å². The number of nitrogens with one attached hydrogen (secondary N) is 1. The van der Waals surface area contributed by atoms with Gasteiger partial charge in [-0.25, -0.2) is 19.7 Å². The molecule has 2 rings (SSSR count). The van der Waals surface area contributed by atoms with Gasteiger partial charge >= 0.3 is 6.09 Å². The van der Waals surface area contributed by atoms with Crippen LogP contribution in [0.5, 0.6) is 5.75 Å². The van der Waals surface area contributed by atoms with E-state index in [-0.39, 0.29) is 5.15 Å². The lowest BCUT2D eigenvalue weighted by molar-refractivity contribution is 0.0635. The van der Waals surface area contributed by atoms with Crippen molar-refractivity contribution < 1.29 is 14.3 Å². The van der Waals surface area contributed by atoms with Crippen molar-refractivity contribution in [3.63, 3.8) is 0 Å². The number of halogens is 1. The van der Waals surface area contributed by atoms with Gasteiger partial charge in [0.1, 0.15) is 11.4 Å². The van der Waals surface area contributed by atoms with Crippen LogP contribution in [0.4, 0.5) is 10.6 Å². The van der Waals surface area contributed by atoms with Gasteiger partial charge in [-0.05, 0) is 32.9 Å². The number of nitrogens with zero attached hydrogens (tertiary/aromatic N) is 3. The van der Waals surface area contributed by atoms with E-state index in [1.807, 2.05) is 0 Å². The van der Waals surface area contributed by atoms with Gasteiger partial charge in [0.2, 0.25) is 0 Å². The maximum Gasteiger partial charge on any atom is 0.413 e. The molecule has 0 fully saturated rings. The van der Waals surface area contributed by atoms with Crippen LogP contribution in [0.15, 0.2) is 24.5 Å². The van der Waals surface area contributed by atoms with Crippen molar-refractivity contribution >= 4 is 23.5 Å². The summed E-state index contributed by atoms with van der Waals surface area (Å²) < 4.78 is 10.2. The van der Waals surface area contributed by atoms with Crippen molar-refractivity contribution in [2.45, 2.75) is 26.4 Å². The molecular weight excluding hydrogens is 320 g/mol. The summed E-state index contributed by atoms with van der Waals surface area (Å²) in [5, 5.41) is 2.76. The Labute approximate surface area is 139 Å². The molecule has 8 heteroatoms. The number of hydrogen-bond donors (Lipinski definition) is 1. The van der Waals surface area contributed by atoms with Crippen LogP contribution in [-0.4, -0.2) is 33.8 Å². The third-order valence-electron chi connectivity index (χ3n) is 2.58. The second-order valence-electron chi connectivity index (χ2n) is 5.61. The molecule has 0 aromatic carbocycles. The van der Waals surface area contributed by atoms with Gasteiger partial charge in [0.05, 0.1) is 13.3 Å². The normalized spacial score (nSPS) is 11.0. The molecule has 0 atom stereocenters. The zero-order chi connectivity index (χ0) is 17.0. The first-order chi connectivity index (χ1) is 10.8. The van der Waals surface area contributed by atoms with Crippen LogP contribution in [0.1, 0.15) is 20.8 Å². The van der Waals surface area contributed by atoms with E-state index in [0.717, 1.165) is 0 Å². The fourth-order valence-corrected chi connectivity index (χ4v) is 1.88. The summed E-state index contributed by atoms with van der Waals surface area (Å²) in [6.45, 7) is 5.34. The smallest absolute Gasteiger partial charge is 0.413 e. The molecule has 0 bridgehead atoms. The van der Waals surface area contributed by atoms with Crippen molar-refractivity contribution in [2.24, 2.45) is 0 Å². The van der Waals surface area contributed by atoms with Crippen molar-refractivity contribution in [3.05, 3.63) is 29.7 Å². The van der Waals surface area contributed by atoms with E-state index in [1.54, 1.807) is 32.9 Å². The van der Waals surface area contributed by atoms with Crippen molar-refractivity contribution in [1.82, 2.24) is 15.0 Å². The number of amides is 1. The van der Waals surface area contributed by atoms with E-state index < -0.39 is 11.7 Å². The topological polar surface area (TPSA) is 86.2 Å². The molecule has 2 heterocycles. The van der Waals surface area contributed by atoms with E-state index in [1.165, 1.54) is 19.5 Å². The lowest BCUT2D eigenvalue weighted by Gasteiger charge is -2.19. The highest BCUT2D eigenvalue weighted by molar-refractivity contribution is 6.30. The first kappa shape index (κ1) is 17.0. The molecule has 0 radical (unpaired) electrons. The Hall–Kier alpha value is -2.41. The van der Waals surface area contributed by atoms with Crippen molar-refractivity contribution in [1.29, 1.82) is 0 Å². The third-order valence-corrected chi connectivity index (χ3v) is 2.85. The van der Waals surface area contributed by atoms with Crippen LogP contribution in [-0.2, 0) is 4.74 Å². The van der Waals surface area contributed by atoms with Gasteiger partial charge in [-0.2, -0.15) is 0 Å². The quantitative estimate of drug-likeness (QED) is 0.862. The number of carbonyl (C=O) groups is 1. The molecule has 23 heavy (non-hydrogen) atoms. The SMILES string of the molecule is COc1cnc(-c2ccnc(NC(=O)OC(C)(C)C)c2)nc1Cl. The zero-order valence-electron chi connectivity index (χ0n) is 13.3. The molecule has 0 saturated carbocycles. The molecule has 0 spiro atoms. The Morgan fingerprint density at radius 2 is 2.04 bits per heavy atom. The van der Waals surface area contributed by atoms with E-state index in [0.29, 0.717) is 23.0 Å². The predicted octanol–water partition coefficient (Wildman–Crippen LogP) is 3.55. The summed E-state index contributed by atoms with van der Waals surface area (Å²) in [4.78, 5) is 24.2. The summed E-state index contributed by atoms with van der Waals surface area (Å²) >= 11 is 5.99. The van der Waals surface area contributed by atoms with Gasteiger partial charge in [-0.3, -0.25) is 5.32 Å². The average Bonchev–Trinajstić information content (AvgIpc) is 2.45. The first-order valence-electron chi connectivity index (χ1n) is 6.81.